The van der Waals surface area contributed by atoms with E-state index in [9.17, 15) is 14.0 Å². The van der Waals surface area contributed by atoms with E-state index in [-0.39, 0.29) is 5.69 Å². The first-order valence-corrected chi connectivity index (χ1v) is 7.29. The number of carbonyl (C=O) groups excluding carboxylic acids is 1. The lowest BCUT2D eigenvalue weighted by atomic mass is 10.2. The van der Waals surface area contributed by atoms with Crippen molar-refractivity contribution < 1.29 is 19.1 Å². The number of amides is 2. The summed E-state index contributed by atoms with van der Waals surface area (Å²) >= 11 is 1.49. The van der Waals surface area contributed by atoms with Gasteiger partial charge in [0.1, 0.15) is 11.9 Å². The van der Waals surface area contributed by atoms with Gasteiger partial charge in [0.15, 0.2) is 0 Å². The lowest BCUT2D eigenvalue weighted by molar-refractivity contribution is -0.141. The summed E-state index contributed by atoms with van der Waals surface area (Å²) in [5.74, 6) is -0.564. The summed E-state index contributed by atoms with van der Waals surface area (Å²) in [5.41, 5.74) is 0.878. The molecule has 108 valence electrons. The van der Waals surface area contributed by atoms with Crippen molar-refractivity contribution in [3.05, 3.63) is 29.6 Å². The fourth-order valence-electron chi connectivity index (χ4n) is 1.97. The molecule has 5 nitrogen and oxygen atoms in total. The molecule has 0 radical (unpaired) electrons. The zero-order valence-electron chi connectivity index (χ0n) is 10.9. The number of carboxylic acid groups (broad SMARTS) is 1. The summed E-state index contributed by atoms with van der Waals surface area (Å²) in [7, 11) is 0. The van der Waals surface area contributed by atoms with Crippen LogP contribution in [0, 0.1) is 12.7 Å². The maximum Gasteiger partial charge on any atom is 0.327 e. The van der Waals surface area contributed by atoms with E-state index in [1.54, 1.807) is 13.0 Å². The maximum atomic E-state index is 13.6. The van der Waals surface area contributed by atoms with E-state index in [4.69, 9.17) is 5.11 Å². The minimum Gasteiger partial charge on any atom is -0.480 e. The number of nitrogens with one attached hydrogen (secondary N) is 1. The highest BCUT2D eigenvalue weighted by Gasteiger charge is 2.32. The number of benzene rings is 1. The maximum absolute atomic E-state index is 13.6. The van der Waals surface area contributed by atoms with Crippen LogP contribution in [0.4, 0.5) is 14.9 Å². The SMILES string of the molecule is Cc1ccc(F)c(NC(=O)N2CCSCC2C(=O)O)c1. The number of urea groups is 1. The number of nitrogens with zero attached hydrogens (tertiary/aromatic N) is 1. The van der Waals surface area contributed by atoms with Crippen molar-refractivity contribution in [2.24, 2.45) is 0 Å². The van der Waals surface area contributed by atoms with Gasteiger partial charge in [0.05, 0.1) is 5.69 Å². The third kappa shape index (κ3) is 3.22. The van der Waals surface area contributed by atoms with Gasteiger partial charge >= 0.3 is 12.0 Å². The van der Waals surface area contributed by atoms with Crippen LogP contribution >= 0.6 is 11.8 Å². The van der Waals surface area contributed by atoms with Crippen LogP contribution in [0.3, 0.4) is 0 Å². The number of aliphatic carboxylic acids is 1. The van der Waals surface area contributed by atoms with Crippen LogP contribution < -0.4 is 5.32 Å². The molecule has 1 aliphatic rings. The first-order valence-electron chi connectivity index (χ1n) is 6.13. The van der Waals surface area contributed by atoms with Crippen LogP contribution in [0.2, 0.25) is 0 Å². The van der Waals surface area contributed by atoms with Gasteiger partial charge in [0.2, 0.25) is 0 Å². The van der Waals surface area contributed by atoms with Gasteiger partial charge in [-0.25, -0.2) is 14.0 Å². The van der Waals surface area contributed by atoms with Crippen molar-refractivity contribution in [1.82, 2.24) is 4.90 Å². The third-order valence-corrected chi connectivity index (χ3v) is 4.06. The van der Waals surface area contributed by atoms with Gasteiger partial charge in [-0.1, -0.05) is 6.07 Å². The number of rotatable bonds is 2. The monoisotopic (exact) mass is 298 g/mol. The Morgan fingerprint density at radius 2 is 2.25 bits per heavy atom. The summed E-state index contributed by atoms with van der Waals surface area (Å²) in [6, 6.07) is 2.93. The largest absolute Gasteiger partial charge is 0.480 e. The number of aryl methyl sites for hydroxylation is 1. The van der Waals surface area contributed by atoms with E-state index in [0.717, 1.165) is 5.56 Å². The normalized spacial score (nSPS) is 18.7. The highest BCUT2D eigenvalue weighted by molar-refractivity contribution is 7.99. The van der Waals surface area contributed by atoms with Crippen molar-refractivity contribution in [2.75, 3.05) is 23.4 Å². The smallest absolute Gasteiger partial charge is 0.327 e. The van der Waals surface area contributed by atoms with Crippen molar-refractivity contribution in [3.8, 4) is 0 Å². The minimum atomic E-state index is -1.04. The van der Waals surface area contributed by atoms with Crippen LogP contribution in [0.5, 0.6) is 0 Å². The van der Waals surface area contributed by atoms with Crippen LogP contribution in [0.1, 0.15) is 5.56 Å². The van der Waals surface area contributed by atoms with Crippen LogP contribution in [0.15, 0.2) is 18.2 Å². The van der Waals surface area contributed by atoms with Crippen molar-refractivity contribution in [2.45, 2.75) is 13.0 Å². The highest BCUT2D eigenvalue weighted by Crippen LogP contribution is 2.20. The second-order valence-electron chi connectivity index (χ2n) is 4.54. The lowest BCUT2D eigenvalue weighted by Crippen LogP contribution is -2.51. The molecule has 2 amide bonds. The van der Waals surface area contributed by atoms with Crippen molar-refractivity contribution >= 4 is 29.4 Å². The molecule has 1 unspecified atom stereocenters. The Labute approximate surface area is 120 Å². The molecule has 0 aromatic heterocycles. The average Bonchev–Trinajstić information content (AvgIpc) is 2.42. The second kappa shape index (κ2) is 6.13. The first kappa shape index (κ1) is 14.6. The first-order chi connectivity index (χ1) is 9.49. The molecule has 0 aliphatic carbocycles. The van der Waals surface area contributed by atoms with Gasteiger partial charge < -0.3 is 15.3 Å². The molecule has 0 spiro atoms. The molecule has 0 saturated carbocycles. The fourth-order valence-corrected chi connectivity index (χ4v) is 3.01. The molecule has 1 atom stereocenters. The third-order valence-electron chi connectivity index (χ3n) is 3.04. The predicted molar refractivity (Wildman–Crippen MR) is 75.6 cm³/mol. The zero-order chi connectivity index (χ0) is 14.7. The Morgan fingerprint density at radius 3 is 2.95 bits per heavy atom. The Bertz CT molecular complexity index is 538. The van der Waals surface area contributed by atoms with E-state index in [2.05, 4.69) is 5.32 Å². The van der Waals surface area contributed by atoms with Gasteiger partial charge in [0.25, 0.3) is 0 Å². The summed E-state index contributed by atoms with van der Waals surface area (Å²) in [6.45, 7) is 2.12. The van der Waals surface area contributed by atoms with Gasteiger partial charge in [-0.15, -0.1) is 0 Å². The summed E-state index contributed by atoms with van der Waals surface area (Å²) in [6.07, 6.45) is 0. The van der Waals surface area contributed by atoms with Gasteiger partial charge in [0, 0.05) is 18.1 Å². The molecule has 1 fully saturated rings. The standard InChI is InChI=1S/C13H15FN2O3S/c1-8-2-3-9(14)10(6-8)15-13(19)16-4-5-20-7-11(16)12(17)18/h2-3,6,11H,4-5,7H2,1H3,(H,15,19)(H,17,18). The molecule has 1 aromatic rings. The molecule has 1 saturated heterocycles. The van der Waals surface area contributed by atoms with Gasteiger partial charge in [-0.3, -0.25) is 0 Å². The summed E-state index contributed by atoms with van der Waals surface area (Å²) in [4.78, 5) is 24.5. The number of carboxylic acids is 1. The number of thioether (sulfide) groups is 1. The van der Waals surface area contributed by atoms with Crippen molar-refractivity contribution in [3.63, 3.8) is 0 Å². The number of halogens is 1. The van der Waals surface area contributed by atoms with Gasteiger partial charge in [-0.2, -0.15) is 11.8 Å². The molecule has 1 aromatic carbocycles. The lowest BCUT2D eigenvalue weighted by Gasteiger charge is -2.32. The summed E-state index contributed by atoms with van der Waals surface area (Å²) in [5, 5.41) is 11.6. The highest BCUT2D eigenvalue weighted by atomic mass is 32.2. The molecule has 2 rings (SSSR count). The number of carbonyl (C=O) groups is 2. The Morgan fingerprint density at radius 1 is 1.50 bits per heavy atom. The molecule has 20 heavy (non-hydrogen) atoms. The van der Waals surface area contributed by atoms with Gasteiger partial charge in [-0.05, 0) is 24.6 Å². The summed E-state index contributed by atoms with van der Waals surface area (Å²) < 4.78 is 13.6. The molecule has 7 heteroatoms. The Kier molecular flexibility index (Phi) is 4.49. The van der Waals surface area contributed by atoms with Crippen molar-refractivity contribution in [1.29, 1.82) is 0 Å². The van der Waals surface area contributed by atoms with E-state index in [1.165, 1.54) is 28.8 Å². The predicted octanol–water partition coefficient (Wildman–Crippen LogP) is 2.17. The van der Waals surface area contributed by atoms with E-state index < -0.39 is 23.9 Å². The van der Waals surface area contributed by atoms with E-state index >= 15 is 0 Å². The Balaban J connectivity index is 2.14. The van der Waals surface area contributed by atoms with Crippen LogP contribution in [-0.2, 0) is 4.79 Å². The molecule has 0 bridgehead atoms. The zero-order valence-corrected chi connectivity index (χ0v) is 11.7. The number of anilines is 1. The topological polar surface area (TPSA) is 69.6 Å². The van der Waals surface area contributed by atoms with Crippen LogP contribution in [-0.4, -0.2) is 46.1 Å². The quantitative estimate of drug-likeness (QED) is 0.878. The minimum absolute atomic E-state index is 0.0670. The Hall–Kier alpha value is -1.76. The fraction of sp³-hybridized carbons (Fsp3) is 0.385. The molecular formula is C13H15FN2O3S. The number of hydrogen-bond donors (Lipinski definition) is 2. The molecule has 2 N–H and O–H groups in total. The van der Waals surface area contributed by atoms with E-state index in [1.807, 2.05) is 0 Å². The number of hydrogen-bond acceptors (Lipinski definition) is 3. The average molecular weight is 298 g/mol. The second-order valence-corrected chi connectivity index (χ2v) is 5.69. The molecule has 1 heterocycles. The molecular weight excluding hydrogens is 283 g/mol. The van der Waals surface area contributed by atoms with Crippen LogP contribution in [0.25, 0.3) is 0 Å². The van der Waals surface area contributed by atoms with E-state index in [0.29, 0.717) is 18.1 Å². The molecule has 1 aliphatic heterocycles.